The molecule has 1 N–H and O–H groups in total. The van der Waals surface area contributed by atoms with Crippen LogP contribution in [0.2, 0.25) is 0 Å². The van der Waals surface area contributed by atoms with Gasteiger partial charge in [0.15, 0.2) is 59.6 Å². The van der Waals surface area contributed by atoms with Gasteiger partial charge < -0.3 is 66.7 Å². The highest BCUT2D eigenvalue weighted by atomic mass is 19.4. The summed E-state index contributed by atoms with van der Waals surface area (Å²) in [6.07, 6.45) is -0.973. The number of piperazine rings is 2. The van der Waals surface area contributed by atoms with Crippen molar-refractivity contribution in [1.82, 2.24) is 19.6 Å². The fourth-order valence-electron chi connectivity index (χ4n) is 17.2. The number of esters is 2. The normalized spacial score (nSPS) is 23.0. The Hall–Kier alpha value is -10.2. The molecule has 0 aromatic heterocycles. The third kappa shape index (κ3) is 13.5. The zero-order valence-electron chi connectivity index (χ0n) is 60.4. The van der Waals surface area contributed by atoms with Crippen LogP contribution in [-0.2, 0) is 66.6 Å². The summed E-state index contributed by atoms with van der Waals surface area (Å²) < 4.78 is 157. The van der Waals surface area contributed by atoms with E-state index >= 15 is 0 Å². The quantitative estimate of drug-likeness (QED) is 0.0261. The molecule has 0 spiro atoms. The van der Waals surface area contributed by atoms with Crippen LogP contribution < -0.4 is 42.6 Å². The molecule has 2 fully saturated rings. The molecule has 0 saturated carbocycles. The summed E-state index contributed by atoms with van der Waals surface area (Å²) in [5, 5.41) is 33.5. The van der Waals surface area contributed by atoms with Gasteiger partial charge in [-0.1, -0.05) is 49.1 Å². The molecular weight excluding hydrogens is 1400 g/mol. The second-order valence-electron chi connectivity index (χ2n) is 27.4. The number of hydrogen-bond acceptors (Lipinski definition) is 22. The van der Waals surface area contributed by atoms with Crippen LogP contribution in [0, 0.1) is 50.4 Å². The third-order valence-electron chi connectivity index (χ3n) is 21.5. The number of phenolic OH excluding ortho intramolecular Hbond substituents is 1. The number of nitriles is 2. The van der Waals surface area contributed by atoms with Crippen LogP contribution in [0.3, 0.4) is 0 Å². The van der Waals surface area contributed by atoms with Crippen molar-refractivity contribution in [3.05, 3.63) is 174 Å². The molecule has 8 aliphatic rings. The molecule has 564 valence electrons. The van der Waals surface area contributed by atoms with Crippen LogP contribution in [0.15, 0.2) is 85.5 Å². The number of aromatic hydroxyl groups is 1. The highest BCUT2D eigenvalue weighted by Crippen LogP contribution is 2.61. The third-order valence-corrected chi connectivity index (χ3v) is 21.5. The molecular formula is C79H80F6N6O16. The van der Waals surface area contributed by atoms with Gasteiger partial charge in [-0.25, -0.2) is 9.59 Å². The minimum absolute atomic E-state index is 0.0149. The Kier molecular flexibility index (Phi) is 21.2. The lowest BCUT2D eigenvalue weighted by Crippen LogP contribution is -2.68. The van der Waals surface area contributed by atoms with Crippen molar-refractivity contribution in [2.75, 3.05) is 89.5 Å². The number of carbonyl (C=O) groups excluding carboxylic acids is 2. The van der Waals surface area contributed by atoms with Gasteiger partial charge in [0.05, 0.1) is 61.7 Å². The van der Waals surface area contributed by atoms with Crippen molar-refractivity contribution in [2.24, 2.45) is 0 Å². The summed E-state index contributed by atoms with van der Waals surface area (Å²) in [7, 11) is 10.2. The van der Waals surface area contributed by atoms with Crippen molar-refractivity contribution < 1.29 is 103 Å². The predicted octanol–water partition coefficient (Wildman–Crippen LogP) is 12.4. The second kappa shape index (κ2) is 30.2. The molecule has 6 aromatic carbocycles. The van der Waals surface area contributed by atoms with E-state index in [-0.39, 0.29) is 94.1 Å². The molecule has 22 nitrogen and oxygen atoms in total. The number of fused-ring (bicyclic) bond motifs is 18. The first kappa shape index (κ1) is 75.0. The van der Waals surface area contributed by atoms with Crippen LogP contribution in [0.4, 0.5) is 26.3 Å². The molecule has 8 heterocycles. The molecule has 107 heavy (non-hydrogen) atoms. The zero-order valence-corrected chi connectivity index (χ0v) is 60.4. The van der Waals surface area contributed by atoms with Gasteiger partial charge in [-0.05, 0) is 137 Å². The average Bonchev–Trinajstić information content (AvgIpc) is 1.59. The number of nitrogens with zero attached hydrogens (tertiary/aromatic N) is 6. The van der Waals surface area contributed by atoms with Gasteiger partial charge in [-0.15, -0.1) is 0 Å². The highest BCUT2D eigenvalue weighted by Gasteiger charge is 2.60. The van der Waals surface area contributed by atoms with E-state index in [0.717, 1.165) is 80.9 Å². The number of alkyl halides is 6. The molecule has 28 heteroatoms. The minimum Gasteiger partial charge on any atom is -0.507 e. The molecule has 6 aromatic rings. The van der Waals surface area contributed by atoms with Gasteiger partial charge >= 0.3 is 24.3 Å². The maximum absolute atomic E-state index is 13.4. The summed E-state index contributed by atoms with van der Waals surface area (Å²) in [4.78, 5) is 35.1. The van der Waals surface area contributed by atoms with Gasteiger partial charge in [-0.3, -0.25) is 19.6 Å². The molecule has 0 aliphatic carbocycles. The number of rotatable bonds is 19. The van der Waals surface area contributed by atoms with Crippen molar-refractivity contribution in [3.8, 4) is 69.6 Å². The molecule has 14 rings (SSSR count). The van der Waals surface area contributed by atoms with Gasteiger partial charge in [0.1, 0.15) is 43.4 Å². The van der Waals surface area contributed by atoms with Gasteiger partial charge in [-0.2, -0.15) is 36.9 Å². The number of benzene rings is 6. The molecule has 2 saturated heterocycles. The first-order valence-electron chi connectivity index (χ1n) is 34.6. The van der Waals surface area contributed by atoms with Crippen LogP contribution >= 0.6 is 0 Å². The number of hydrogen-bond donors (Lipinski definition) is 1. The van der Waals surface area contributed by atoms with E-state index in [1.807, 2.05) is 39.8 Å². The number of carbonyl (C=O) groups is 2. The predicted molar refractivity (Wildman–Crippen MR) is 374 cm³/mol. The van der Waals surface area contributed by atoms with Gasteiger partial charge in [0.2, 0.25) is 13.6 Å². The van der Waals surface area contributed by atoms with E-state index in [1.165, 1.54) is 43.5 Å². The Balaban J connectivity index is 0.000000189. The Bertz CT molecular complexity index is 4650. The topological polar surface area (TPSA) is 235 Å². The van der Waals surface area contributed by atoms with Crippen molar-refractivity contribution in [3.63, 3.8) is 0 Å². The molecule has 0 amide bonds. The largest absolute Gasteiger partial charge is 0.507 e. The second-order valence-corrected chi connectivity index (χ2v) is 27.4. The Morgan fingerprint density at radius 2 is 1.00 bits per heavy atom. The van der Waals surface area contributed by atoms with E-state index in [1.54, 1.807) is 34.3 Å². The highest BCUT2D eigenvalue weighted by molar-refractivity contribution is 5.88. The lowest BCUT2D eigenvalue weighted by atomic mass is 9.71. The van der Waals surface area contributed by atoms with Crippen molar-refractivity contribution in [2.45, 2.75) is 126 Å². The molecule has 4 bridgehead atoms. The maximum Gasteiger partial charge on any atom is 0.416 e. The van der Waals surface area contributed by atoms with Crippen LogP contribution in [0.25, 0.3) is 12.2 Å². The number of phenols is 1. The number of methoxy groups -OCH3 is 4. The summed E-state index contributed by atoms with van der Waals surface area (Å²) in [6.45, 7) is 11.0. The summed E-state index contributed by atoms with van der Waals surface area (Å²) in [6, 6.07) is 13.6. The number of likely N-dealkylation sites (N-methyl/N-ethyl adjacent to an activating group) is 2. The average molecular weight is 1480 g/mol. The summed E-state index contributed by atoms with van der Waals surface area (Å²) in [5.74, 6) is 3.05. The monoisotopic (exact) mass is 1480 g/mol. The van der Waals surface area contributed by atoms with Crippen molar-refractivity contribution in [1.29, 1.82) is 10.5 Å². The molecule has 2 unspecified atom stereocenters. The van der Waals surface area contributed by atoms with Crippen molar-refractivity contribution >= 4 is 24.1 Å². The Morgan fingerprint density at radius 1 is 0.570 bits per heavy atom. The summed E-state index contributed by atoms with van der Waals surface area (Å²) in [5.41, 5.74) is 8.18. The Labute approximate surface area is 614 Å². The maximum atomic E-state index is 13.4. The van der Waals surface area contributed by atoms with Crippen LogP contribution in [0.5, 0.6) is 57.5 Å². The van der Waals surface area contributed by atoms with E-state index in [0.29, 0.717) is 99.7 Å². The van der Waals surface area contributed by atoms with Crippen LogP contribution in [-0.4, -0.2) is 162 Å². The zero-order chi connectivity index (χ0) is 76.2. The lowest BCUT2D eigenvalue weighted by molar-refractivity contribution is -0.144. The lowest BCUT2D eigenvalue weighted by Gasteiger charge is -2.59. The fraction of sp³-hybridized carbons (Fsp3) is 0.418. The minimum atomic E-state index is -4.54. The first-order valence-corrected chi connectivity index (χ1v) is 34.6. The fourth-order valence-corrected chi connectivity index (χ4v) is 17.2. The van der Waals surface area contributed by atoms with E-state index in [2.05, 4.69) is 45.5 Å². The van der Waals surface area contributed by atoms with Crippen LogP contribution in [0.1, 0.15) is 113 Å². The SMILES string of the molecule is C=CCOc1c(C)c2c(c3c1CC1[C@H]4c5c(cc(C)c(OC)c5OCOC)C[C@@H]([C@H](C#N)N1[C@H]3COC(=O)/C=C/c1cccc(C(F)(F)F)c1)N4C)OCO2.COCOc1c(OC)c(C)cc2c1[C@@H]1C3Cc4c(O)c(C)c5c(c4[C@H](COC(=O)/C=C/c4cccc(C(F)(F)F)c4)N3[C@@H](C#N)[C@H](C2)N1C)OCO5. The molecule has 8 aliphatic heterocycles. The standard InChI is InChI=1S/C41H42F3N3O8.C38H38F3N3O8/c1-7-13-51-37-23(3)38-40(55-21-54-38)34-27(37)17-29-35-33-25(14-22(2)36(50-6)39(33)53-20-49-5)16-28(46(35)4)30(18-45)47(29)31(34)19-52-32(48)12-11-24-9-8-10-26(15-24)41(42,43)44;1-19-11-22-13-25-27(15-42)44-26(32(43(25)3)30(22)36(34(19)48-5)50-17-47-4)14-24-31(37-35(51-18-52-37)20(2)33(24)46)28(44)16-49-29(45)10-9-21-7-6-8-23(12-21)38(39,40)41/h7-12,14-15,28-31,35H,1,13,16-17,19-21H2,2-6H3;6-12,25-28,32,46H,13-14,16-18H2,1-5H3/b12-11+;10-9+/t28-,29?,30-,31-,35-;25-,26?,27-,28-,32-/m00/s1. The van der Waals surface area contributed by atoms with E-state index in [9.17, 15) is 51.6 Å². The first-order chi connectivity index (χ1) is 51.3. The van der Waals surface area contributed by atoms with E-state index in [4.69, 9.17) is 61.6 Å². The summed E-state index contributed by atoms with van der Waals surface area (Å²) >= 11 is 0. The Morgan fingerprint density at radius 3 is 1.42 bits per heavy atom. The smallest absolute Gasteiger partial charge is 0.416 e. The molecule has 10 atom stereocenters. The van der Waals surface area contributed by atoms with Gasteiger partial charge in [0, 0.05) is 95.0 Å². The van der Waals surface area contributed by atoms with Gasteiger partial charge in [0.25, 0.3) is 0 Å². The number of aryl methyl sites for hydroxylation is 2. The van der Waals surface area contributed by atoms with E-state index < -0.39 is 65.6 Å². The number of halogens is 6. The number of ether oxygens (including phenoxy) is 13. The molecule has 0 radical (unpaired) electrons.